The van der Waals surface area contributed by atoms with Crippen LogP contribution in [-0.2, 0) is 5.41 Å². The highest BCUT2D eigenvalue weighted by molar-refractivity contribution is 6.08. The van der Waals surface area contributed by atoms with Crippen LogP contribution in [0.15, 0.2) is 120 Å². The molecule has 6 rings (SSSR count). The van der Waals surface area contributed by atoms with Crippen molar-refractivity contribution in [1.29, 1.82) is 0 Å². The van der Waals surface area contributed by atoms with Crippen LogP contribution in [0, 0.1) is 0 Å². The van der Waals surface area contributed by atoms with Crippen LogP contribution in [-0.4, -0.2) is 15.9 Å². The minimum absolute atomic E-state index is 0.107. The van der Waals surface area contributed by atoms with Crippen LogP contribution in [0.4, 0.5) is 17.4 Å². The molecule has 1 amide bonds. The highest BCUT2D eigenvalue weighted by Crippen LogP contribution is 2.37. The number of nitrogens with zero attached hydrogens (tertiary/aromatic N) is 2. The second-order valence-corrected chi connectivity index (χ2v) is 10.9. The SMILES string of the molecule is CC(C)(C)c1ccccc1Oc1ncccc1Nc1nc2c(NC(=O)c3ccc(-c4ccccc4)cc3)cccc2o1. The maximum absolute atomic E-state index is 13.1. The Kier molecular flexibility index (Phi) is 7.15. The molecule has 0 spiro atoms. The van der Waals surface area contributed by atoms with Crippen LogP contribution in [0.1, 0.15) is 36.7 Å². The molecule has 0 atom stereocenters. The molecular weight excluding hydrogens is 524 g/mol. The first kappa shape index (κ1) is 26.8. The number of rotatable bonds is 7. The monoisotopic (exact) mass is 554 g/mol. The van der Waals surface area contributed by atoms with Gasteiger partial charge in [0.25, 0.3) is 11.9 Å². The lowest BCUT2D eigenvalue weighted by Gasteiger charge is -2.22. The Bertz CT molecular complexity index is 1860. The van der Waals surface area contributed by atoms with Crippen molar-refractivity contribution in [1.82, 2.24) is 9.97 Å². The quantitative estimate of drug-likeness (QED) is 0.205. The van der Waals surface area contributed by atoms with Crippen molar-refractivity contribution in [3.05, 3.63) is 127 Å². The van der Waals surface area contributed by atoms with Gasteiger partial charge in [0, 0.05) is 17.3 Å². The summed E-state index contributed by atoms with van der Waals surface area (Å²) in [4.78, 5) is 22.2. The van der Waals surface area contributed by atoms with E-state index in [2.05, 4.69) is 47.4 Å². The molecule has 0 aliphatic rings. The lowest BCUT2D eigenvalue weighted by molar-refractivity contribution is 0.102. The van der Waals surface area contributed by atoms with E-state index in [1.165, 1.54) is 0 Å². The summed E-state index contributed by atoms with van der Waals surface area (Å²) >= 11 is 0. The predicted octanol–water partition coefficient (Wildman–Crippen LogP) is 8.98. The Balaban J connectivity index is 1.22. The van der Waals surface area contributed by atoms with Gasteiger partial charge in [0.1, 0.15) is 17.0 Å². The number of pyridine rings is 1. The molecule has 0 unspecified atom stereocenters. The smallest absolute Gasteiger partial charge is 0.300 e. The van der Waals surface area contributed by atoms with Crippen molar-refractivity contribution in [3.8, 4) is 22.8 Å². The lowest BCUT2D eigenvalue weighted by Crippen LogP contribution is -2.12. The van der Waals surface area contributed by atoms with Crippen LogP contribution in [0.5, 0.6) is 11.6 Å². The summed E-state index contributed by atoms with van der Waals surface area (Å²) in [7, 11) is 0. The van der Waals surface area contributed by atoms with Crippen molar-refractivity contribution in [2.45, 2.75) is 26.2 Å². The summed E-state index contributed by atoms with van der Waals surface area (Å²) < 4.78 is 12.3. The number of benzene rings is 4. The standard InChI is InChI=1S/C35H30N4O3/c1-35(2,3)26-13-7-8-16-29(26)41-33-28(15-10-22-36-33)38-34-39-31-27(14-9-17-30(31)42-34)37-32(40)25-20-18-24(19-21-25)23-11-5-4-6-12-23/h4-22H,1-3H3,(H,37,40)(H,38,39). The van der Waals surface area contributed by atoms with E-state index in [4.69, 9.17) is 9.15 Å². The van der Waals surface area contributed by atoms with Crippen molar-refractivity contribution in [2.24, 2.45) is 0 Å². The van der Waals surface area contributed by atoms with E-state index in [1.54, 1.807) is 18.3 Å². The number of hydrogen-bond donors (Lipinski definition) is 2. The number of carbonyl (C=O) groups is 1. The number of amides is 1. The zero-order chi connectivity index (χ0) is 29.1. The van der Waals surface area contributed by atoms with Crippen LogP contribution >= 0.6 is 0 Å². The largest absolute Gasteiger partial charge is 0.437 e. The van der Waals surface area contributed by atoms with Crippen LogP contribution in [0.2, 0.25) is 0 Å². The maximum atomic E-state index is 13.1. The fourth-order valence-electron chi connectivity index (χ4n) is 4.70. The van der Waals surface area contributed by atoms with Gasteiger partial charge in [0.05, 0.1) is 5.69 Å². The normalized spacial score (nSPS) is 11.3. The number of para-hydroxylation sites is 2. The molecule has 0 radical (unpaired) electrons. The van der Waals surface area contributed by atoms with Gasteiger partial charge in [-0.1, -0.05) is 87.5 Å². The summed E-state index contributed by atoms with van der Waals surface area (Å²) in [6, 6.07) is 34.8. The third-order valence-electron chi connectivity index (χ3n) is 6.84. The summed E-state index contributed by atoms with van der Waals surface area (Å²) in [6.07, 6.45) is 1.67. The van der Waals surface area contributed by atoms with Gasteiger partial charge >= 0.3 is 0 Å². The number of nitrogens with one attached hydrogen (secondary N) is 2. The number of hydrogen-bond acceptors (Lipinski definition) is 6. The second kappa shape index (κ2) is 11.2. The molecule has 4 aromatic carbocycles. The summed E-state index contributed by atoms with van der Waals surface area (Å²) in [5, 5.41) is 6.17. The molecule has 42 heavy (non-hydrogen) atoms. The van der Waals surface area contributed by atoms with Crippen LogP contribution in [0.3, 0.4) is 0 Å². The summed E-state index contributed by atoms with van der Waals surface area (Å²) in [5.41, 5.74) is 5.83. The van der Waals surface area contributed by atoms with Crippen molar-refractivity contribution >= 4 is 34.4 Å². The first-order valence-electron chi connectivity index (χ1n) is 13.7. The minimum atomic E-state index is -0.236. The zero-order valence-corrected chi connectivity index (χ0v) is 23.6. The summed E-state index contributed by atoms with van der Waals surface area (Å²) in [6.45, 7) is 6.42. The fraction of sp³-hybridized carbons (Fsp3) is 0.114. The predicted molar refractivity (Wildman–Crippen MR) is 167 cm³/mol. The summed E-state index contributed by atoms with van der Waals surface area (Å²) in [5.74, 6) is 0.884. The third-order valence-corrected chi connectivity index (χ3v) is 6.84. The van der Waals surface area contributed by atoms with E-state index < -0.39 is 0 Å². The van der Waals surface area contributed by atoms with Crippen molar-refractivity contribution in [2.75, 3.05) is 10.6 Å². The molecule has 0 bridgehead atoms. The van der Waals surface area contributed by atoms with Crippen molar-refractivity contribution in [3.63, 3.8) is 0 Å². The van der Waals surface area contributed by atoms with Gasteiger partial charge in [-0.05, 0) is 59.0 Å². The van der Waals surface area contributed by atoms with Gasteiger partial charge in [-0.2, -0.15) is 4.98 Å². The number of oxazole rings is 1. The van der Waals surface area contributed by atoms with Crippen molar-refractivity contribution < 1.29 is 13.9 Å². The van der Waals surface area contributed by atoms with Crippen LogP contribution < -0.4 is 15.4 Å². The first-order valence-corrected chi connectivity index (χ1v) is 13.7. The lowest BCUT2D eigenvalue weighted by atomic mass is 9.86. The van der Waals surface area contributed by atoms with E-state index in [0.29, 0.717) is 33.9 Å². The molecule has 7 heteroatoms. The Morgan fingerprint density at radius 1 is 0.762 bits per heavy atom. The second-order valence-electron chi connectivity index (χ2n) is 10.9. The first-order chi connectivity index (χ1) is 20.3. The van der Waals surface area contributed by atoms with Gasteiger partial charge in [-0.3, -0.25) is 4.79 Å². The van der Waals surface area contributed by atoms with Crippen LogP contribution in [0.25, 0.3) is 22.2 Å². The van der Waals surface area contributed by atoms with Gasteiger partial charge in [0.2, 0.25) is 5.88 Å². The van der Waals surface area contributed by atoms with E-state index in [9.17, 15) is 4.79 Å². The molecule has 0 fully saturated rings. The Hall–Kier alpha value is -5.43. The molecule has 7 nitrogen and oxygen atoms in total. The maximum Gasteiger partial charge on any atom is 0.300 e. The van der Waals surface area contributed by atoms with E-state index in [1.807, 2.05) is 91.0 Å². The minimum Gasteiger partial charge on any atom is -0.437 e. The molecule has 2 N–H and O–H groups in total. The number of anilines is 3. The molecule has 6 aromatic rings. The van der Waals surface area contributed by atoms with E-state index in [0.717, 1.165) is 22.4 Å². The molecule has 2 aromatic heterocycles. The van der Waals surface area contributed by atoms with Gasteiger partial charge in [-0.25, -0.2) is 4.98 Å². The average Bonchev–Trinajstić information content (AvgIpc) is 3.42. The molecular formula is C35H30N4O3. The molecule has 0 aliphatic carbocycles. The molecule has 0 saturated carbocycles. The Labute approximate surface area is 244 Å². The highest BCUT2D eigenvalue weighted by atomic mass is 16.5. The molecule has 208 valence electrons. The number of carbonyl (C=O) groups excluding carboxylic acids is 1. The third kappa shape index (κ3) is 5.71. The molecule has 0 saturated heterocycles. The van der Waals surface area contributed by atoms with E-state index in [-0.39, 0.29) is 17.3 Å². The zero-order valence-electron chi connectivity index (χ0n) is 23.6. The Morgan fingerprint density at radius 3 is 2.26 bits per heavy atom. The number of ether oxygens (including phenoxy) is 1. The van der Waals surface area contributed by atoms with Gasteiger partial charge < -0.3 is 19.8 Å². The van der Waals surface area contributed by atoms with E-state index >= 15 is 0 Å². The molecule has 0 aliphatic heterocycles. The van der Waals surface area contributed by atoms with Gasteiger partial charge in [-0.15, -0.1) is 0 Å². The molecule has 2 heterocycles. The number of fused-ring (bicyclic) bond motifs is 1. The Morgan fingerprint density at radius 2 is 1.48 bits per heavy atom. The average molecular weight is 555 g/mol. The highest BCUT2D eigenvalue weighted by Gasteiger charge is 2.20. The number of aromatic nitrogens is 2. The topological polar surface area (TPSA) is 89.3 Å². The van der Waals surface area contributed by atoms with Gasteiger partial charge in [0.15, 0.2) is 5.58 Å². The fourth-order valence-corrected chi connectivity index (χ4v) is 4.70.